The number of hydrogen-bond donors (Lipinski definition) is 1. The Hall–Kier alpha value is -0.570. The molecule has 3 heteroatoms. The van der Waals surface area contributed by atoms with Crippen molar-refractivity contribution in [3.8, 4) is 0 Å². The lowest BCUT2D eigenvalue weighted by Crippen LogP contribution is -2.34. The first-order chi connectivity index (χ1) is 7.83. The van der Waals surface area contributed by atoms with Crippen LogP contribution in [0.15, 0.2) is 24.3 Å². The summed E-state index contributed by atoms with van der Waals surface area (Å²) in [6, 6.07) is 7.70. The van der Waals surface area contributed by atoms with Gasteiger partial charge in [-0.2, -0.15) is 0 Å². The van der Waals surface area contributed by atoms with Crippen LogP contribution in [-0.2, 0) is 4.74 Å². The van der Waals surface area contributed by atoms with E-state index in [9.17, 15) is 0 Å². The molecule has 0 aliphatic rings. The minimum atomic E-state index is -0.211. The second-order valence-corrected chi connectivity index (χ2v) is 5.71. The van der Waals surface area contributed by atoms with Crippen molar-refractivity contribution in [1.82, 2.24) is 0 Å². The lowest BCUT2D eigenvalue weighted by molar-refractivity contribution is -0.0728. The van der Waals surface area contributed by atoms with E-state index in [0.717, 1.165) is 17.0 Å². The van der Waals surface area contributed by atoms with E-state index < -0.39 is 0 Å². The lowest BCUT2D eigenvalue weighted by Gasteiger charge is -2.31. The molecule has 0 fully saturated rings. The van der Waals surface area contributed by atoms with Gasteiger partial charge in [0.2, 0.25) is 0 Å². The molecule has 0 radical (unpaired) electrons. The van der Waals surface area contributed by atoms with E-state index in [-0.39, 0.29) is 17.7 Å². The number of nitrogens with two attached hydrogens (primary N) is 1. The Morgan fingerprint density at radius 3 is 2.18 bits per heavy atom. The summed E-state index contributed by atoms with van der Waals surface area (Å²) in [5.41, 5.74) is 7.01. The summed E-state index contributed by atoms with van der Waals surface area (Å²) in [5.74, 6) is 0. The highest BCUT2D eigenvalue weighted by atomic mass is 35.5. The van der Waals surface area contributed by atoms with Crippen molar-refractivity contribution in [2.75, 3.05) is 0 Å². The van der Waals surface area contributed by atoms with Crippen molar-refractivity contribution in [2.45, 2.75) is 51.9 Å². The molecule has 2 N–H and O–H groups in total. The molecule has 0 bridgehead atoms. The Bertz CT molecular complexity index is 342. The molecule has 1 rings (SSSR count). The van der Waals surface area contributed by atoms with Crippen LogP contribution in [0.4, 0.5) is 0 Å². The quantitative estimate of drug-likeness (QED) is 0.885. The summed E-state index contributed by atoms with van der Waals surface area (Å²) in [6.07, 6.45) is 0.792. The third kappa shape index (κ3) is 4.66. The molecule has 0 saturated carbocycles. The minimum absolute atomic E-state index is 0.00426. The molecule has 2 nitrogen and oxygen atoms in total. The third-order valence-electron chi connectivity index (χ3n) is 2.54. The molecular weight excluding hydrogens is 234 g/mol. The number of benzene rings is 1. The summed E-state index contributed by atoms with van der Waals surface area (Å²) in [6.45, 7) is 8.19. The SMILES string of the molecule is CCC(N)C(OC(C)(C)C)c1ccc(Cl)cc1. The zero-order valence-electron chi connectivity index (χ0n) is 11.0. The Labute approximate surface area is 109 Å². The molecule has 96 valence electrons. The van der Waals surface area contributed by atoms with Crippen LogP contribution in [0.25, 0.3) is 0 Å². The molecule has 0 spiro atoms. The first kappa shape index (κ1) is 14.5. The molecule has 0 heterocycles. The van der Waals surface area contributed by atoms with E-state index in [1.807, 2.05) is 45.0 Å². The van der Waals surface area contributed by atoms with Gasteiger partial charge in [-0.3, -0.25) is 0 Å². The van der Waals surface area contributed by atoms with Crippen LogP contribution >= 0.6 is 11.6 Å². The Balaban J connectivity index is 2.94. The average Bonchev–Trinajstić information content (AvgIpc) is 2.25. The molecule has 1 aromatic rings. The van der Waals surface area contributed by atoms with E-state index in [0.29, 0.717) is 0 Å². The van der Waals surface area contributed by atoms with Crippen molar-refractivity contribution in [1.29, 1.82) is 0 Å². The van der Waals surface area contributed by atoms with Crippen molar-refractivity contribution in [3.63, 3.8) is 0 Å². The van der Waals surface area contributed by atoms with Gasteiger partial charge in [-0.05, 0) is 44.9 Å². The molecule has 0 saturated heterocycles. The molecule has 17 heavy (non-hydrogen) atoms. The maximum absolute atomic E-state index is 6.14. The first-order valence-corrected chi connectivity index (χ1v) is 6.40. The number of hydrogen-bond acceptors (Lipinski definition) is 2. The van der Waals surface area contributed by atoms with Crippen LogP contribution in [0.1, 0.15) is 45.8 Å². The van der Waals surface area contributed by atoms with Crippen LogP contribution < -0.4 is 5.73 Å². The van der Waals surface area contributed by atoms with Gasteiger partial charge in [-0.1, -0.05) is 30.7 Å². The minimum Gasteiger partial charge on any atom is -0.366 e. The highest BCUT2D eigenvalue weighted by molar-refractivity contribution is 6.30. The molecule has 0 aliphatic carbocycles. The van der Waals surface area contributed by atoms with Gasteiger partial charge in [0.05, 0.1) is 11.7 Å². The van der Waals surface area contributed by atoms with Crippen LogP contribution in [0, 0.1) is 0 Å². The standard InChI is InChI=1S/C14H22ClNO/c1-5-12(16)13(17-14(2,3)4)10-6-8-11(15)9-7-10/h6-9,12-13H,5,16H2,1-4H3. The van der Waals surface area contributed by atoms with Gasteiger partial charge in [-0.15, -0.1) is 0 Å². The summed E-state index contributed by atoms with van der Waals surface area (Å²) < 4.78 is 6.05. The highest BCUT2D eigenvalue weighted by Gasteiger charge is 2.25. The van der Waals surface area contributed by atoms with E-state index in [1.165, 1.54) is 0 Å². The first-order valence-electron chi connectivity index (χ1n) is 6.02. The third-order valence-corrected chi connectivity index (χ3v) is 2.79. The summed E-state index contributed by atoms with van der Waals surface area (Å²) in [7, 11) is 0. The summed E-state index contributed by atoms with van der Waals surface area (Å²) in [4.78, 5) is 0. The molecule has 0 amide bonds. The average molecular weight is 256 g/mol. The molecular formula is C14H22ClNO. The van der Waals surface area contributed by atoms with Crippen LogP contribution in [0.3, 0.4) is 0 Å². The van der Waals surface area contributed by atoms with E-state index in [1.54, 1.807) is 0 Å². The zero-order valence-corrected chi connectivity index (χ0v) is 11.8. The van der Waals surface area contributed by atoms with E-state index >= 15 is 0 Å². The maximum Gasteiger partial charge on any atom is 0.0982 e. The fourth-order valence-corrected chi connectivity index (χ4v) is 1.78. The van der Waals surface area contributed by atoms with Crippen molar-refractivity contribution < 1.29 is 4.74 Å². The highest BCUT2D eigenvalue weighted by Crippen LogP contribution is 2.28. The van der Waals surface area contributed by atoms with Gasteiger partial charge in [0, 0.05) is 11.1 Å². The van der Waals surface area contributed by atoms with E-state index in [4.69, 9.17) is 22.1 Å². The topological polar surface area (TPSA) is 35.2 Å². The molecule has 0 aliphatic heterocycles. The summed E-state index contributed by atoms with van der Waals surface area (Å²) >= 11 is 5.89. The number of rotatable bonds is 4. The van der Waals surface area contributed by atoms with Gasteiger partial charge in [-0.25, -0.2) is 0 Å². The number of ether oxygens (including phenoxy) is 1. The molecule has 2 unspecified atom stereocenters. The van der Waals surface area contributed by atoms with Crippen molar-refractivity contribution in [2.24, 2.45) is 5.73 Å². The predicted octanol–water partition coefficient (Wildman–Crippen LogP) is 3.93. The predicted molar refractivity (Wildman–Crippen MR) is 73.3 cm³/mol. The normalized spacial score (nSPS) is 15.6. The Morgan fingerprint density at radius 1 is 1.24 bits per heavy atom. The second-order valence-electron chi connectivity index (χ2n) is 5.27. The van der Waals surface area contributed by atoms with Gasteiger partial charge in [0.25, 0.3) is 0 Å². The molecule has 0 aromatic heterocycles. The van der Waals surface area contributed by atoms with Crippen LogP contribution in [0.2, 0.25) is 5.02 Å². The van der Waals surface area contributed by atoms with Gasteiger partial charge >= 0.3 is 0 Å². The molecule has 1 aromatic carbocycles. The summed E-state index contributed by atoms with van der Waals surface area (Å²) in [5, 5.41) is 0.730. The monoisotopic (exact) mass is 255 g/mol. The van der Waals surface area contributed by atoms with Gasteiger partial charge < -0.3 is 10.5 Å². The fraction of sp³-hybridized carbons (Fsp3) is 0.571. The van der Waals surface area contributed by atoms with Crippen molar-refractivity contribution >= 4 is 11.6 Å². The van der Waals surface area contributed by atoms with E-state index in [2.05, 4.69) is 6.92 Å². The van der Waals surface area contributed by atoms with Crippen molar-refractivity contribution in [3.05, 3.63) is 34.9 Å². The Kier molecular flexibility index (Phi) is 4.99. The largest absolute Gasteiger partial charge is 0.366 e. The van der Waals surface area contributed by atoms with Crippen LogP contribution in [-0.4, -0.2) is 11.6 Å². The molecule has 2 atom stereocenters. The van der Waals surface area contributed by atoms with Crippen LogP contribution in [0.5, 0.6) is 0 Å². The second kappa shape index (κ2) is 5.85. The maximum atomic E-state index is 6.14. The Morgan fingerprint density at radius 2 is 1.76 bits per heavy atom. The zero-order chi connectivity index (χ0) is 13.1. The number of halogens is 1. The fourth-order valence-electron chi connectivity index (χ4n) is 1.65. The van der Waals surface area contributed by atoms with Gasteiger partial charge in [0.1, 0.15) is 0 Å². The van der Waals surface area contributed by atoms with Gasteiger partial charge in [0.15, 0.2) is 0 Å². The smallest absolute Gasteiger partial charge is 0.0982 e. The lowest BCUT2D eigenvalue weighted by atomic mass is 9.99.